The summed E-state index contributed by atoms with van der Waals surface area (Å²) in [5.41, 5.74) is 7.62. The van der Waals surface area contributed by atoms with Crippen LogP contribution in [0.3, 0.4) is 0 Å². The van der Waals surface area contributed by atoms with Gasteiger partial charge in [0.1, 0.15) is 5.82 Å². The van der Waals surface area contributed by atoms with Crippen LogP contribution in [0.2, 0.25) is 0 Å². The van der Waals surface area contributed by atoms with E-state index in [4.69, 9.17) is 5.73 Å². The summed E-state index contributed by atoms with van der Waals surface area (Å²) in [5.74, 6) is 1.00. The molecule has 0 unspecified atom stereocenters. The van der Waals surface area contributed by atoms with E-state index in [-0.39, 0.29) is 0 Å². The molecule has 2 rings (SSSR count). The van der Waals surface area contributed by atoms with Gasteiger partial charge in [-0.1, -0.05) is 13.0 Å². The molecule has 2 aromatic heterocycles. The lowest BCUT2D eigenvalue weighted by molar-refractivity contribution is 0.795. The molecule has 0 amide bonds. The number of rotatable bonds is 3. The van der Waals surface area contributed by atoms with Gasteiger partial charge in [-0.15, -0.1) is 10.2 Å². The number of nitrogens with zero attached hydrogens (tertiary/aromatic N) is 3. The summed E-state index contributed by atoms with van der Waals surface area (Å²) < 4.78 is 2.05. The number of pyridine rings is 1. The van der Waals surface area contributed by atoms with Crippen LogP contribution >= 0.6 is 0 Å². The van der Waals surface area contributed by atoms with E-state index >= 15 is 0 Å². The Morgan fingerprint density at radius 2 is 2.21 bits per heavy atom. The van der Waals surface area contributed by atoms with E-state index in [0.717, 1.165) is 30.0 Å². The zero-order valence-electron chi connectivity index (χ0n) is 8.27. The zero-order chi connectivity index (χ0) is 9.97. The molecule has 74 valence electrons. The average Bonchev–Trinajstić information content (AvgIpc) is 2.62. The van der Waals surface area contributed by atoms with Crippen LogP contribution in [0, 0.1) is 0 Å². The molecule has 0 aliphatic rings. The Hall–Kier alpha value is -1.42. The normalized spacial score (nSPS) is 11.0. The fraction of sp³-hybridized carbons (Fsp3) is 0.400. The molecular weight excluding hydrogens is 176 g/mol. The van der Waals surface area contributed by atoms with Crippen molar-refractivity contribution in [1.82, 2.24) is 14.6 Å². The Bertz CT molecular complexity index is 433. The summed E-state index contributed by atoms with van der Waals surface area (Å²) in [6, 6.07) is 5.92. The highest BCUT2D eigenvalue weighted by Crippen LogP contribution is 2.09. The maximum atomic E-state index is 5.66. The van der Waals surface area contributed by atoms with Crippen molar-refractivity contribution in [2.75, 3.05) is 0 Å². The van der Waals surface area contributed by atoms with Gasteiger partial charge in [-0.25, -0.2) is 0 Å². The van der Waals surface area contributed by atoms with E-state index in [1.54, 1.807) is 0 Å². The lowest BCUT2D eigenvalue weighted by Gasteiger charge is -2.03. The Morgan fingerprint density at radius 1 is 1.36 bits per heavy atom. The predicted molar refractivity (Wildman–Crippen MR) is 54.9 cm³/mol. The summed E-state index contributed by atoms with van der Waals surface area (Å²) >= 11 is 0. The third-order valence-corrected chi connectivity index (χ3v) is 2.26. The predicted octanol–water partition coefficient (Wildman–Crippen LogP) is 1.14. The molecule has 0 atom stereocenters. The quantitative estimate of drug-likeness (QED) is 0.789. The smallest absolute Gasteiger partial charge is 0.161 e. The summed E-state index contributed by atoms with van der Waals surface area (Å²) in [5, 5.41) is 8.25. The summed E-state index contributed by atoms with van der Waals surface area (Å²) in [4.78, 5) is 0. The second-order valence-electron chi connectivity index (χ2n) is 3.28. The first-order valence-electron chi connectivity index (χ1n) is 4.88. The lowest BCUT2D eigenvalue weighted by Crippen LogP contribution is -2.06. The van der Waals surface area contributed by atoms with Crippen molar-refractivity contribution in [2.45, 2.75) is 26.3 Å². The van der Waals surface area contributed by atoms with Crippen molar-refractivity contribution in [3.8, 4) is 0 Å². The number of aromatic nitrogens is 3. The average molecular weight is 190 g/mol. The Labute approximate surface area is 82.8 Å². The molecule has 2 heterocycles. The van der Waals surface area contributed by atoms with Gasteiger partial charge in [0, 0.05) is 18.7 Å². The third-order valence-electron chi connectivity index (χ3n) is 2.26. The molecule has 0 bridgehead atoms. The topological polar surface area (TPSA) is 56.2 Å². The molecule has 0 aromatic carbocycles. The first kappa shape index (κ1) is 9.15. The first-order chi connectivity index (χ1) is 6.86. The van der Waals surface area contributed by atoms with Crippen molar-refractivity contribution in [3.05, 3.63) is 29.7 Å². The highest BCUT2D eigenvalue weighted by Gasteiger charge is 2.06. The molecule has 2 N–H and O–H groups in total. The van der Waals surface area contributed by atoms with Gasteiger partial charge in [-0.05, 0) is 18.6 Å². The molecule has 0 spiro atoms. The molecule has 4 heteroatoms. The van der Waals surface area contributed by atoms with Crippen LogP contribution < -0.4 is 5.73 Å². The second kappa shape index (κ2) is 3.75. The van der Waals surface area contributed by atoms with Crippen LogP contribution in [-0.2, 0) is 13.0 Å². The summed E-state index contributed by atoms with van der Waals surface area (Å²) in [6.45, 7) is 2.65. The van der Waals surface area contributed by atoms with Crippen LogP contribution in [0.25, 0.3) is 5.65 Å². The molecule has 0 radical (unpaired) electrons. The van der Waals surface area contributed by atoms with Crippen LogP contribution in [0.15, 0.2) is 18.2 Å². The molecule has 0 aliphatic carbocycles. The molecule has 14 heavy (non-hydrogen) atoms. The fourth-order valence-electron chi connectivity index (χ4n) is 1.62. The maximum Gasteiger partial charge on any atom is 0.161 e. The minimum atomic E-state index is 0.520. The van der Waals surface area contributed by atoms with E-state index in [2.05, 4.69) is 17.1 Å². The fourth-order valence-corrected chi connectivity index (χ4v) is 1.62. The molecule has 0 fully saturated rings. The van der Waals surface area contributed by atoms with E-state index in [1.807, 2.05) is 22.6 Å². The third kappa shape index (κ3) is 1.37. The lowest BCUT2D eigenvalue weighted by atomic mass is 10.3. The van der Waals surface area contributed by atoms with Gasteiger partial charge in [0.2, 0.25) is 0 Å². The molecule has 0 saturated carbocycles. The van der Waals surface area contributed by atoms with Crippen LogP contribution in [0.5, 0.6) is 0 Å². The number of aryl methyl sites for hydroxylation is 1. The SMILES string of the molecule is CCCc1nnc2cccc(CN)n12. The Kier molecular flexibility index (Phi) is 2.45. The summed E-state index contributed by atoms with van der Waals surface area (Å²) in [7, 11) is 0. The van der Waals surface area contributed by atoms with E-state index in [1.165, 1.54) is 0 Å². The molecule has 0 aliphatic heterocycles. The number of hydrogen-bond donors (Lipinski definition) is 1. The maximum absolute atomic E-state index is 5.66. The highest BCUT2D eigenvalue weighted by atomic mass is 15.2. The number of nitrogens with two attached hydrogens (primary N) is 1. The minimum Gasteiger partial charge on any atom is -0.325 e. The van der Waals surface area contributed by atoms with Crippen molar-refractivity contribution in [2.24, 2.45) is 5.73 Å². The van der Waals surface area contributed by atoms with Gasteiger partial charge in [0.25, 0.3) is 0 Å². The van der Waals surface area contributed by atoms with Crippen molar-refractivity contribution >= 4 is 5.65 Å². The Balaban J connectivity index is 2.62. The van der Waals surface area contributed by atoms with Crippen molar-refractivity contribution in [3.63, 3.8) is 0 Å². The van der Waals surface area contributed by atoms with Gasteiger partial charge >= 0.3 is 0 Å². The molecular formula is C10H14N4. The van der Waals surface area contributed by atoms with Crippen molar-refractivity contribution in [1.29, 1.82) is 0 Å². The molecule has 2 aromatic rings. The van der Waals surface area contributed by atoms with Gasteiger partial charge in [-0.3, -0.25) is 4.40 Å². The van der Waals surface area contributed by atoms with Gasteiger partial charge in [-0.2, -0.15) is 0 Å². The van der Waals surface area contributed by atoms with E-state index in [0.29, 0.717) is 6.54 Å². The van der Waals surface area contributed by atoms with Gasteiger partial charge in [0.15, 0.2) is 5.65 Å². The van der Waals surface area contributed by atoms with E-state index in [9.17, 15) is 0 Å². The van der Waals surface area contributed by atoms with Crippen LogP contribution in [0.1, 0.15) is 24.9 Å². The van der Waals surface area contributed by atoms with Gasteiger partial charge in [0.05, 0.1) is 0 Å². The summed E-state index contributed by atoms with van der Waals surface area (Å²) in [6.07, 6.45) is 2.01. The minimum absolute atomic E-state index is 0.520. The van der Waals surface area contributed by atoms with Crippen LogP contribution in [-0.4, -0.2) is 14.6 Å². The number of fused-ring (bicyclic) bond motifs is 1. The second-order valence-corrected chi connectivity index (χ2v) is 3.28. The standard InChI is InChI=1S/C10H14N4/c1-2-4-9-12-13-10-6-3-5-8(7-11)14(9)10/h3,5-6H,2,4,7,11H2,1H3. The van der Waals surface area contributed by atoms with E-state index < -0.39 is 0 Å². The number of hydrogen-bond acceptors (Lipinski definition) is 3. The Morgan fingerprint density at radius 3 is 2.93 bits per heavy atom. The molecule has 0 saturated heterocycles. The van der Waals surface area contributed by atoms with Crippen LogP contribution in [0.4, 0.5) is 0 Å². The van der Waals surface area contributed by atoms with Gasteiger partial charge < -0.3 is 5.73 Å². The zero-order valence-corrected chi connectivity index (χ0v) is 8.27. The van der Waals surface area contributed by atoms with Crippen molar-refractivity contribution < 1.29 is 0 Å². The molecule has 4 nitrogen and oxygen atoms in total. The monoisotopic (exact) mass is 190 g/mol. The largest absolute Gasteiger partial charge is 0.325 e. The highest BCUT2D eigenvalue weighted by molar-refractivity contribution is 5.39. The first-order valence-corrected chi connectivity index (χ1v) is 4.88.